The van der Waals surface area contributed by atoms with Gasteiger partial charge in [0.1, 0.15) is 0 Å². The smallest absolute Gasteiger partial charge is 0.243 e. The number of anilines is 1. The van der Waals surface area contributed by atoms with Crippen LogP contribution in [0.15, 0.2) is 29.2 Å². The summed E-state index contributed by atoms with van der Waals surface area (Å²) in [5, 5.41) is 2.71. The van der Waals surface area contributed by atoms with Gasteiger partial charge in [-0.1, -0.05) is 6.92 Å². The number of benzene rings is 1. The number of piperidine rings is 1. The van der Waals surface area contributed by atoms with Crippen molar-refractivity contribution >= 4 is 21.6 Å². The van der Waals surface area contributed by atoms with E-state index in [-0.39, 0.29) is 16.8 Å². The van der Waals surface area contributed by atoms with Crippen molar-refractivity contribution in [3.8, 4) is 0 Å². The second kappa shape index (κ2) is 7.42. The van der Waals surface area contributed by atoms with Crippen LogP contribution in [0.5, 0.6) is 0 Å². The van der Waals surface area contributed by atoms with Crippen molar-refractivity contribution in [2.75, 3.05) is 18.4 Å². The zero-order chi connectivity index (χ0) is 17.0. The van der Waals surface area contributed by atoms with Crippen LogP contribution < -0.4 is 11.1 Å². The molecule has 1 aromatic carbocycles. The second-order valence-electron chi connectivity index (χ2n) is 6.03. The average molecular weight is 339 g/mol. The standard InChI is InChI=1S/C16H25N3O3S/c1-3-16(20)18-14-4-6-15(7-5-14)23(21,22)19-10-8-13(9-11-19)12(2)17/h4-7,12-13H,3,8-11,17H2,1-2H3,(H,18,20). The van der Waals surface area contributed by atoms with Gasteiger partial charge in [-0.05, 0) is 49.9 Å². The van der Waals surface area contributed by atoms with E-state index in [1.54, 1.807) is 19.1 Å². The van der Waals surface area contributed by atoms with Crippen LogP contribution in [0.25, 0.3) is 0 Å². The molecule has 23 heavy (non-hydrogen) atoms. The van der Waals surface area contributed by atoms with E-state index in [0.29, 0.717) is 31.1 Å². The fourth-order valence-corrected chi connectivity index (χ4v) is 4.22. The summed E-state index contributed by atoms with van der Waals surface area (Å²) < 4.78 is 26.8. The van der Waals surface area contributed by atoms with E-state index in [0.717, 1.165) is 12.8 Å². The molecule has 1 aliphatic rings. The summed E-state index contributed by atoms with van der Waals surface area (Å²) in [6.07, 6.45) is 1.97. The normalized spacial score (nSPS) is 18.6. The number of nitrogens with zero attached hydrogens (tertiary/aromatic N) is 1. The molecule has 1 amide bonds. The molecular weight excluding hydrogens is 314 g/mol. The molecule has 0 aliphatic carbocycles. The predicted octanol–water partition coefficient (Wildman–Crippen LogP) is 1.78. The predicted molar refractivity (Wildman–Crippen MR) is 90.5 cm³/mol. The molecule has 6 nitrogen and oxygen atoms in total. The van der Waals surface area contributed by atoms with Gasteiger partial charge in [0.05, 0.1) is 4.90 Å². The molecule has 0 spiro atoms. The first-order valence-electron chi connectivity index (χ1n) is 8.00. The molecule has 7 heteroatoms. The van der Waals surface area contributed by atoms with Gasteiger partial charge >= 0.3 is 0 Å². The van der Waals surface area contributed by atoms with Crippen LogP contribution in [0.3, 0.4) is 0 Å². The summed E-state index contributed by atoms with van der Waals surface area (Å²) in [5.74, 6) is 0.284. The lowest BCUT2D eigenvalue weighted by Crippen LogP contribution is -2.42. The van der Waals surface area contributed by atoms with E-state index in [1.165, 1.54) is 16.4 Å². The van der Waals surface area contributed by atoms with Gasteiger partial charge in [-0.25, -0.2) is 8.42 Å². The van der Waals surface area contributed by atoms with E-state index in [4.69, 9.17) is 5.73 Å². The number of carbonyl (C=O) groups is 1. The Hall–Kier alpha value is -1.44. The summed E-state index contributed by atoms with van der Waals surface area (Å²) in [5.41, 5.74) is 6.50. The van der Waals surface area contributed by atoms with Crippen LogP contribution in [0.1, 0.15) is 33.1 Å². The van der Waals surface area contributed by atoms with Gasteiger partial charge in [0.25, 0.3) is 0 Å². The van der Waals surface area contributed by atoms with E-state index < -0.39 is 10.0 Å². The minimum Gasteiger partial charge on any atom is -0.328 e. The second-order valence-corrected chi connectivity index (χ2v) is 7.96. The summed E-state index contributed by atoms with van der Waals surface area (Å²) in [4.78, 5) is 11.6. The number of nitrogens with two attached hydrogens (primary N) is 1. The Balaban J connectivity index is 2.07. The van der Waals surface area contributed by atoms with Crippen LogP contribution in [0, 0.1) is 5.92 Å². The topological polar surface area (TPSA) is 92.5 Å². The molecule has 128 valence electrons. The summed E-state index contributed by atoms with van der Waals surface area (Å²) in [6, 6.07) is 6.42. The Bertz CT molecular complexity index is 633. The van der Waals surface area contributed by atoms with Crippen molar-refractivity contribution in [2.45, 2.75) is 44.0 Å². The van der Waals surface area contributed by atoms with Gasteiger partial charge in [0.15, 0.2) is 0 Å². The van der Waals surface area contributed by atoms with Gasteiger partial charge in [-0.3, -0.25) is 4.79 Å². The van der Waals surface area contributed by atoms with Crippen LogP contribution in [0.4, 0.5) is 5.69 Å². The van der Waals surface area contributed by atoms with Crippen LogP contribution in [-0.4, -0.2) is 37.8 Å². The third-order valence-electron chi connectivity index (χ3n) is 4.34. The molecule has 0 aromatic heterocycles. The fraction of sp³-hybridized carbons (Fsp3) is 0.562. The van der Waals surface area contributed by atoms with Crippen molar-refractivity contribution in [3.63, 3.8) is 0 Å². The molecule has 0 bridgehead atoms. The lowest BCUT2D eigenvalue weighted by atomic mass is 9.92. The molecule has 1 unspecified atom stereocenters. The summed E-state index contributed by atoms with van der Waals surface area (Å²) in [7, 11) is -3.48. The third kappa shape index (κ3) is 4.31. The van der Waals surface area contributed by atoms with Gasteiger partial charge < -0.3 is 11.1 Å². The molecular formula is C16H25N3O3S. The molecule has 3 N–H and O–H groups in total. The van der Waals surface area contributed by atoms with Crippen molar-refractivity contribution in [1.82, 2.24) is 4.31 Å². The monoisotopic (exact) mass is 339 g/mol. The average Bonchev–Trinajstić information content (AvgIpc) is 2.55. The van der Waals surface area contributed by atoms with Gasteiger partial charge in [-0.15, -0.1) is 0 Å². The number of carbonyl (C=O) groups excluding carboxylic acids is 1. The first-order chi connectivity index (χ1) is 10.8. The van der Waals surface area contributed by atoms with Gasteiger partial charge in [0.2, 0.25) is 15.9 Å². The molecule has 1 heterocycles. The lowest BCUT2D eigenvalue weighted by molar-refractivity contribution is -0.115. The highest BCUT2D eigenvalue weighted by molar-refractivity contribution is 7.89. The SMILES string of the molecule is CCC(=O)Nc1ccc(S(=O)(=O)N2CCC(C(C)N)CC2)cc1. The van der Waals surface area contributed by atoms with Gasteiger partial charge in [-0.2, -0.15) is 4.31 Å². The van der Waals surface area contributed by atoms with E-state index in [2.05, 4.69) is 5.32 Å². The molecule has 1 aliphatic heterocycles. The fourth-order valence-electron chi connectivity index (χ4n) is 2.75. The van der Waals surface area contributed by atoms with Crippen molar-refractivity contribution in [3.05, 3.63) is 24.3 Å². The minimum atomic E-state index is -3.48. The van der Waals surface area contributed by atoms with E-state index in [9.17, 15) is 13.2 Å². The number of amides is 1. The summed E-state index contributed by atoms with van der Waals surface area (Å²) >= 11 is 0. The van der Waals surface area contributed by atoms with Crippen LogP contribution >= 0.6 is 0 Å². The minimum absolute atomic E-state index is 0.0984. The van der Waals surface area contributed by atoms with Crippen molar-refractivity contribution in [2.24, 2.45) is 11.7 Å². The Labute approximate surface area is 138 Å². The maximum atomic E-state index is 12.7. The highest BCUT2D eigenvalue weighted by Gasteiger charge is 2.30. The van der Waals surface area contributed by atoms with E-state index in [1.807, 2.05) is 6.92 Å². The zero-order valence-corrected chi connectivity index (χ0v) is 14.5. The Morgan fingerprint density at radius 2 is 1.87 bits per heavy atom. The molecule has 0 saturated carbocycles. The molecule has 1 fully saturated rings. The molecule has 1 aromatic rings. The first-order valence-corrected chi connectivity index (χ1v) is 9.44. The molecule has 0 radical (unpaired) electrons. The largest absolute Gasteiger partial charge is 0.328 e. The molecule has 2 rings (SSSR count). The van der Waals surface area contributed by atoms with Crippen molar-refractivity contribution < 1.29 is 13.2 Å². The maximum absolute atomic E-state index is 12.7. The Morgan fingerprint density at radius 3 is 2.35 bits per heavy atom. The highest BCUT2D eigenvalue weighted by Crippen LogP contribution is 2.25. The van der Waals surface area contributed by atoms with E-state index >= 15 is 0 Å². The lowest BCUT2D eigenvalue weighted by Gasteiger charge is -2.32. The van der Waals surface area contributed by atoms with Gasteiger partial charge in [0, 0.05) is 31.2 Å². The molecule has 1 saturated heterocycles. The number of hydrogen-bond acceptors (Lipinski definition) is 4. The molecule has 1 atom stereocenters. The number of hydrogen-bond donors (Lipinski definition) is 2. The maximum Gasteiger partial charge on any atom is 0.243 e. The highest BCUT2D eigenvalue weighted by atomic mass is 32.2. The van der Waals surface area contributed by atoms with Crippen LogP contribution in [-0.2, 0) is 14.8 Å². The van der Waals surface area contributed by atoms with Crippen molar-refractivity contribution in [1.29, 1.82) is 0 Å². The quantitative estimate of drug-likeness (QED) is 0.855. The zero-order valence-electron chi connectivity index (χ0n) is 13.7. The van der Waals surface area contributed by atoms with Crippen LogP contribution in [0.2, 0.25) is 0 Å². The third-order valence-corrected chi connectivity index (χ3v) is 6.25. The number of sulfonamides is 1. The first kappa shape index (κ1) is 17.9. The Kier molecular flexibility index (Phi) is 5.78. The number of rotatable bonds is 5. The summed E-state index contributed by atoms with van der Waals surface area (Å²) in [6.45, 7) is 4.74. The Morgan fingerprint density at radius 1 is 1.30 bits per heavy atom. The number of nitrogens with one attached hydrogen (secondary N) is 1.